The van der Waals surface area contributed by atoms with E-state index in [1.807, 2.05) is 13.0 Å². The maximum Gasteiger partial charge on any atom is 0.276 e. The number of nitrogens with one attached hydrogen (secondary N) is 2. The van der Waals surface area contributed by atoms with Crippen molar-refractivity contribution in [2.45, 2.75) is 20.1 Å². The number of aromatic nitrogens is 4. The van der Waals surface area contributed by atoms with E-state index in [4.69, 9.17) is 16.3 Å². The van der Waals surface area contributed by atoms with E-state index in [-0.39, 0.29) is 24.0 Å². The number of rotatable bonds is 8. The van der Waals surface area contributed by atoms with Gasteiger partial charge in [0.2, 0.25) is 0 Å². The molecule has 0 aliphatic heterocycles. The molecule has 0 saturated heterocycles. The lowest BCUT2D eigenvalue weighted by atomic mass is 10.3. The molecule has 0 spiro atoms. The zero-order chi connectivity index (χ0) is 21.7. The lowest BCUT2D eigenvalue weighted by molar-refractivity contribution is 0.0945. The van der Waals surface area contributed by atoms with Crippen molar-refractivity contribution in [3.8, 4) is 5.75 Å². The Kier molecular flexibility index (Phi) is 7.11. The molecule has 11 heteroatoms. The Balaban J connectivity index is 1.65. The first kappa shape index (κ1) is 21.8. The van der Waals surface area contributed by atoms with E-state index in [9.17, 15) is 9.59 Å². The minimum Gasteiger partial charge on any atom is -0.470 e. The molecule has 0 radical (unpaired) electrons. The van der Waals surface area contributed by atoms with Crippen molar-refractivity contribution in [2.75, 3.05) is 11.9 Å². The molecule has 0 fully saturated rings. The third kappa shape index (κ3) is 5.19. The van der Waals surface area contributed by atoms with Gasteiger partial charge in [0.05, 0.1) is 16.9 Å². The van der Waals surface area contributed by atoms with Gasteiger partial charge in [-0.25, -0.2) is 4.68 Å². The van der Waals surface area contributed by atoms with Crippen LogP contribution < -0.4 is 15.4 Å². The number of aryl methyl sites for hydroxylation is 1. The monoisotopic (exact) mass is 494 g/mol. The smallest absolute Gasteiger partial charge is 0.276 e. The van der Waals surface area contributed by atoms with E-state index in [0.29, 0.717) is 23.0 Å². The number of carbonyl (C=O) groups excluding carboxylic acids is 2. The molecule has 2 amide bonds. The molecule has 0 bridgehead atoms. The molecule has 3 rings (SSSR count). The first-order chi connectivity index (χ1) is 14.4. The first-order valence-electron chi connectivity index (χ1n) is 9.12. The minimum atomic E-state index is -0.465. The van der Waals surface area contributed by atoms with Gasteiger partial charge in [0.1, 0.15) is 11.4 Å². The molecular weight excluding hydrogens is 476 g/mol. The Morgan fingerprint density at radius 1 is 1.27 bits per heavy atom. The summed E-state index contributed by atoms with van der Waals surface area (Å²) in [6, 6.07) is 6.82. The molecule has 30 heavy (non-hydrogen) atoms. The van der Waals surface area contributed by atoms with E-state index in [1.165, 1.54) is 15.6 Å². The molecule has 2 N–H and O–H groups in total. The Bertz CT molecular complexity index is 1060. The van der Waals surface area contributed by atoms with Gasteiger partial charge >= 0.3 is 0 Å². The van der Waals surface area contributed by atoms with Gasteiger partial charge in [-0.05, 0) is 30.7 Å². The summed E-state index contributed by atoms with van der Waals surface area (Å²) >= 11 is 9.46. The highest BCUT2D eigenvalue weighted by Crippen LogP contribution is 2.27. The van der Waals surface area contributed by atoms with Gasteiger partial charge < -0.3 is 15.4 Å². The van der Waals surface area contributed by atoms with Crippen LogP contribution in [0.4, 0.5) is 5.69 Å². The number of hydrogen-bond donors (Lipinski definition) is 2. The predicted molar refractivity (Wildman–Crippen MR) is 116 cm³/mol. The van der Waals surface area contributed by atoms with Crippen molar-refractivity contribution in [1.82, 2.24) is 24.9 Å². The van der Waals surface area contributed by atoms with Crippen LogP contribution in [0.15, 0.2) is 41.1 Å². The highest BCUT2D eigenvalue weighted by molar-refractivity contribution is 9.10. The van der Waals surface area contributed by atoms with Crippen molar-refractivity contribution in [2.24, 2.45) is 7.05 Å². The van der Waals surface area contributed by atoms with Crippen molar-refractivity contribution in [3.63, 3.8) is 0 Å². The average molecular weight is 496 g/mol. The largest absolute Gasteiger partial charge is 0.470 e. The van der Waals surface area contributed by atoms with Crippen molar-refractivity contribution in [1.29, 1.82) is 0 Å². The molecule has 3 aromatic rings. The van der Waals surface area contributed by atoms with Gasteiger partial charge in [-0.15, -0.1) is 0 Å². The standard InChI is InChI=1S/C19H20BrClN6O3/c1-3-7-22-19(29)17-15(10-23-26(17)2)24-18(28)14-6-8-27(25-14)11-30-16-5-4-12(20)9-13(16)21/h4-6,8-10H,3,7,11H2,1-2H3,(H,22,29)(H,24,28). The van der Waals surface area contributed by atoms with Gasteiger partial charge in [0.25, 0.3) is 11.8 Å². The van der Waals surface area contributed by atoms with Crippen molar-refractivity contribution in [3.05, 3.63) is 57.5 Å². The highest BCUT2D eigenvalue weighted by atomic mass is 79.9. The SMILES string of the molecule is CCCNC(=O)c1c(NC(=O)c2ccn(COc3ccc(Br)cc3Cl)n2)cnn1C. The van der Waals surface area contributed by atoms with Crippen LogP contribution in [0.1, 0.15) is 34.3 Å². The predicted octanol–water partition coefficient (Wildman–Crippen LogP) is 3.46. The first-order valence-corrected chi connectivity index (χ1v) is 10.3. The number of anilines is 1. The van der Waals surface area contributed by atoms with Crippen LogP contribution >= 0.6 is 27.5 Å². The summed E-state index contributed by atoms with van der Waals surface area (Å²) in [6.45, 7) is 2.56. The summed E-state index contributed by atoms with van der Waals surface area (Å²) in [5.41, 5.74) is 0.747. The molecule has 0 atom stereocenters. The molecule has 0 saturated carbocycles. The third-order valence-electron chi connectivity index (χ3n) is 4.06. The lowest BCUT2D eigenvalue weighted by Gasteiger charge is -2.08. The van der Waals surface area contributed by atoms with Crippen LogP contribution in [-0.4, -0.2) is 37.9 Å². The number of hydrogen-bond acceptors (Lipinski definition) is 5. The number of benzene rings is 1. The fourth-order valence-electron chi connectivity index (χ4n) is 2.59. The molecule has 2 aromatic heterocycles. The van der Waals surface area contributed by atoms with Gasteiger partial charge in [-0.2, -0.15) is 10.2 Å². The number of amides is 2. The quantitative estimate of drug-likeness (QED) is 0.498. The van der Waals surface area contributed by atoms with Crippen LogP contribution in [0.5, 0.6) is 5.75 Å². The van der Waals surface area contributed by atoms with E-state index >= 15 is 0 Å². The van der Waals surface area contributed by atoms with Crippen LogP contribution in [0.25, 0.3) is 0 Å². The Morgan fingerprint density at radius 2 is 2.07 bits per heavy atom. The van der Waals surface area contributed by atoms with Crippen molar-refractivity contribution >= 4 is 45.0 Å². The summed E-state index contributed by atoms with van der Waals surface area (Å²) in [4.78, 5) is 24.9. The number of ether oxygens (including phenoxy) is 1. The van der Waals surface area contributed by atoms with Gasteiger partial charge in [0, 0.05) is 24.3 Å². The molecule has 0 aliphatic carbocycles. The number of nitrogens with zero attached hydrogens (tertiary/aromatic N) is 4. The van der Waals surface area contributed by atoms with E-state index in [1.54, 1.807) is 31.4 Å². The maximum atomic E-state index is 12.6. The van der Waals surface area contributed by atoms with Crippen molar-refractivity contribution < 1.29 is 14.3 Å². The van der Waals surface area contributed by atoms with Gasteiger partial charge in [-0.3, -0.25) is 14.3 Å². The Hall–Kier alpha value is -2.85. The molecule has 0 aliphatic rings. The van der Waals surface area contributed by atoms with Crippen LogP contribution in [-0.2, 0) is 13.8 Å². The zero-order valence-electron chi connectivity index (χ0n) is 16.4. The summed E-state index contributed by atoms with van der Waals surface area (Å²) in [5.74, 6) is -0.273. The van der Waals surface area contributed by atoms with E-state index in [0.717, 1.165) is 10.9 Å². The third-order valence-corrected chi connectivity index (χ3v) is 4.85. The normalized spacial score (nSPS) is 10.7. The zero-order valence-corrected chi connectivity index (χ0v) is 18.7. The molecular formula is C19H20BrClN6O3. The lowest BCUT2D eigenvalue weighted by Crippen LogP contribution is -2.27. The number of halogens is 2. The fourth-order valence-corrected chi connectivity index (χ4v) is 3.32. The second-order valence-corrected chi connectivity index (χ2v) is 7.65. The fraction of sp³-hybridized carbons (Fsp3) is 0.263. The summed E-state index contributed by atoms with van der Waals surface area (Å²) in [5, 5.41) is 14.2. The maximum absolute atomic E-state index is 12.6. The molecule has 9 nitrogen and oxygen atoms in total. The highest BCUT2D eigenvalue weighted by Gasteiger charge is 2.20. The van der Waals surface area contributed by atoms with E-state index in [2.05, 4.69) is 36.8 Å². The molecule has 2 heterocycles. The average Bonchev–Trinajstić information content (AvgIpc) is 3.32. The summed E-state index contributed by atoms with van der Waals surface area (Å²) < 4.78 is 9.35. The summed E-state index contributed by atoms with van der Waals surface area (Å²) in [7, 11) is 1.63. The topological polar surface area (TPSA) is 103 Å². The van der Waals surface area contributed by atoms with E-state index < -0.39 is 5.91 Å². The Labute approximate surface area is 186 Å². The molecule has 0 unspecified atom stereocenters. The van der Waals surface area contributed by atoms with Crippen LogP contribution in [0, 0.1) is 0 Å². The second kappa shape index (κ2) is 9.77. The second-order valence-electron chi connectivity index (χ2n) is 6.33. The summed E-state index contributed by atoms with van der Waals surface area (Å²) in [6.07, 6.45) is 3.84. The molecule has 1 aromatic carbocycles. The van der Waals surface area contributed by atoms with Crippen LogP contribution in [0.2, 0.25) is 5.02 Å². The minimum absolute atomic E-state index is 0.0756. The Morgan fingerprint density at radius 3 is 2.80 bits per heavy atom. The van der Waals surface area contributed by atoms with Gasteiger partial charge in [-0.1, -0.05) is 34.5 Å². The molecule has 158 valence electrons. The van der Waals surface area contributed by atoms with Crippen LogP contribution in [0.3, 0.4) is 0 Å². The van der Waals surface area contributed by atoms with Gasteiger partial charge in [0.15, 0.2) is 12.4 Å². The number of carbonyl (C=O) groups is 2.